The third-order valence-corrected chi connectivity index (χ3v) is 7.63. The lowest BCUT2D eigenvalue weighted by molar-refractivity contribution is -0.147. The molecule has 43 heavy (non-hydrogen) atoms. The van der Waals surface area contributed by atoms with Crippen molar-refractivity contribution < 1.29 is 33.0 Å². The van der Waals surface area contributed by atoms with Crippen molar-refractivity contribution in [1.29, 1.82) is 0 Å². The monoisotopic (exact) mass is 606 g/mol. The standard InChI is InChI=1S/C27H34F2N4O6.C4H10/c1-16-13-17(21(14-16)39-26(38)30-15-22(34)33-12-6-10-20(33)25(36)37)7-4-5-11-27(28,29)23-24(35)32-19-9-3-2-8-18(19)31-23;1-4(2)3/h2-3,8-9,16-17,20-21H,4-7,10-15H2,1H3,(H,30,38)(H,32,35)(H,36,37);4H,1-3H3/t16-,17?,20?,21-;/m1./s1. The number of hydrogen-bond acceptors (Lipinski definition) is 6. The number of halogens is 2. The summed E-state index contributed by atoms with van der Waals surface area (Å²) in [7, 11) is 0. The van der Waals surface area contributed by atoms with Gasteiger partial charge in [-0.1, -0.05) is 46.2 Å². The second-order valence-corrected chi connectivity index (χ2v) is 12.3. The number of rotatable bonds is 10. The predicted molar refractivity (Wildman–Crippen MR) is 158 cm³/mol. The summed E-state index contributed by atoms with van der Waals surface area (Å²) in [4.78, 5) is 55.9. The number of alkyl carbamates (subject to hydrolysis) is 1. The number of hydrogen-bond donors (Lipinski definition) is 3. The first-order valence-electron chi connectivity index (χ1n) is 15.1. The first-order chi connectivity index (χ1) is 20.3. The lowest BCUT2D eigenvalue weighted by atomic mass is 9.96. The summed E-state index contributed by atoms with van der Waals surface area (Å²) in [5.41, 5.74) is -0.984. The van der Waals surface area contributed by atoms with Crippen LogP contribution in [0.5, 0.6) is 0 Å². The maximum Gasteiger partial charge on any atom is 0.407 e. The highest BCUT2D eigenvalue weighted by molar-refractivity contribution is 5.87. The molecule has 1 aliphatic heterocycles. The van der Waals surface area contributed by atoms with Crippen molar-refractivity contribution >= 4 is 29.0 Å². The van der Waals surface area contributed by atoms with Gasteiger partial charge in [0.1, 0.15) is 18.7 Å². The molecule has 1 aliphatic carbocycles. The molecule has 238 valence electrons. The van der Waals surface area contributed by atoms with Gasteiger partial charge in [-0.25, -0.2) is 14.6 Å². The zero-order chi connectivity index (χ0) is 31.7. The Labute approximate surface area is 250 Å². The Bertz CT molecular complexity index is 1310. The van der Waals surface area contributed by atoms with Crippen molar-refractivity contribution in [3.8, 4) is 0 Å². The number of unbranched alkanes of at least 4 members (excludes halogenated alkanes) is 1. The number of ether oxygens (including phenoxy) is 1. The topological polar surface area (TPSA) is 142 Å². The van der Waals surface area contributed by atoms with E-state index in [1.54, 1.807) is 24.3 Å². The molecule has 1 aromatic carbocycles. The molecule has 1 saturated carbocycles. The molecule has 12 heteroatoms. The first kappa shape index (κ1) is 33.9. The predicted octanol–water partition coefficient (Wildman–Crippen LogP) is 5.45. The number of alkyl halides is 2. The van der Waals surface area contributed by atoms with Crippen LogP contribution in [0.3, 0.4) is 0 Å². The van der Waals surface area contributed by atoms with Gasteiger partial charge >= 0.3 is 12.1 Å². The summed E-state index contributed by atoms with van der Waals surface area (Å²) < 4.78 is 35.3. The lowest BCUT2D eigenvalue weighted by Gasteiger charge is -2.23. The number of carboxylic acid groups (broad SMARTS) is 1. The van der Waals surface area contributed by atoms with Gasteiger partial charge in [0.2, 0.25) is 5.91 Å². The van der Waals surface area contributed by atoms with Gasteiger partial charge in [-0.05, 0) is 68.4 Å². The molecule has 3 N–H and O–H groups in total. The molecule has 2 aliphatic rings. The number of aliphatic carboxylic acids is 1. The number of amides is 2. The van der Waals surface area contributed by atoms with Crippen molar-refractivity contribution in [3.63, 3.8) is 0 Å². The molecule has 1 saturated heterocycles. The number of benzene rings is 1. The Hall–Kier alpha value is -3.57. The van der Waals surface area contributed by atoms with Gasteiger partial charge in [-0.15, -0.1) is 0 Å². The molecule has 0 bridgehead atoms. The number of para-hydroxylation sites is 2. The Balaban J connectivity index is 0.00000119. The van der Waals surface area contributed by atoms with Crippen LogP contribution >= 0.6 is 0 Å². The maximum absolute atomic E-state index is 14.9. The van der Waals surface area contributed by atoms with Gasteiger partial charge in [0, 0.05) is 13.0 Å². The molecular weight excluding hydrogens is 562 g/mol. The molecule has 4 rings (SSSR count). The van der Waals surface area contributed by atoms with Crippen LogP contribution in [0.1, 0.15) is 84.8 Å². The summed E-state index contributed by atoms with van der Waals surface area (Å²) >= 11 is 0. The lowest BCUT2D eigenvalue weighted by Crippen LogP contribution is -2.46. The number of fused-ring (bicyclic) bond motifs is 1. The number of carbonyl (C=O) groups excluding carboxylic acids is 2. The van der Waals surface area contributed by atoms with E-state index in [9.17, 15) is 33.1 Å². The van der Waals surface area contributed by atoms with E-state index < -0.39 is 53.7 Å². The quantitative estimate of drug-likeness (QED) is 0.305. The van der Waals surface area contributed by atoms with Gasteiger partial charge in [-0.3, -0.25) is 9.59 Å². The SMILES string of the molecule is CC(C)C.C[C@@H]1CC(CCCCC(F)(F)c2nc3ccccc3[nH]c2=O)[C@H](OC(=O)NCC(=O)N2CCCC2C(=O)O)C1. The van der Waals surface area contributed by atoms with Crippen LogP contribution in [0.2, 0.25) is 0 Å². The minimum Gasteiger partial charge on any atom is -0.480 e. The zero-order valence-electron chi connectivity index (χ0n) is 25.4. The second-order valence-electron chi connectivity index (χ2n) is 12.3. The molecule has 0 radical (unpaired) electrons. The fourth-order valence-corrected chi connectivity index (χ4v) is 5.70. The van der Waals surface area contributed by atoms with Crippen LogP contribution in [0.15, 0.2) is 29.1 Å². The van der Waals surface area contributed by atoms with Crippen LogP contribution in [-0.2, 0) is 20.2 Å². The molecule has 2 unspecified atom stereocenters. The van der Waals surface area contributed by atoms with Gasteiger partial charge < -0.3 is 25.0 Å². The molecule has 1 aromatic heterocycles. The molecule has 10 nitrogen and oxygen atoms in total. The molecule has 2 amide bonds. The van der Waals surface area contributed by atoms with Crippen molar-refractivity contribution in [2.75, 3.05) is 13.1 Å². The number of carbonyl (C=O) groups is 3. The highest BCUT2D eigenvalue weighted by atomic mass is 19.3. The summed E-state index contributed by atoms with van der Waals surface area (Å²) in [5, 5.41) is 11.6. The van der Waals surface area contributed by atoms with Gasteiger partial charge in [0.05, 0.1) is 11.0 Å². The van der Waals surface area contributed by atoms with Crippen LogP contribution in [0, 0.1) is 17.8 Å². The number of nitrogens with zero attached hydrogens (tertiary/aromatic N) is 2. The maximum atomic E-state index is 14.9. The van der Waals surface area contributed by atoms with Gasteiger partial charge in [0.25, 0.3) is 11.5 Å². The van der Waals surface area contributed by atoms with Gasteiger partial charge in [-0.2, -0.15) is 8.78 Å². The first-order valence-corrected chi connectivity index (χ1v) is 15.1. The van der Waals surface area contributed by atoms with Crippen LogP contribution in [0.4, 0.5) is 13.6 Å². The Morgan fingerprint density at radius 3 is 2.58 bits per heavy atom. The number of carboxylic acids is 1. The van der Waals surface area contributed by atoms with E-state index in [1.165, 1.54) is 4.90 Å². The molecule has 2 heterocycles. The van der Waals surface area contributed by atoms with E-state index in [0.29, 0.717) is 49.7 Å². The molecule has 2 aromatic rings. The summed E-state index contributed by atoms with van der Waals surface area (Å²) in [5.74, 6) is -3.81. The Kier molecular flexibility index (Phi) is 12.0. The molecular formula is C31H44F2N4O6. The minimum atomic E-state index is -3.38. The number of nitrogens with one attached hydrogen (secondary N) is 2. The summed E-state index contributed by atoms with van der Waals surface area (Å²) in [6, 6.07) is 5.65. The third kappa shape index (κ3) is 9.72. The number of H-pyrrole nitrogens is 1. The van der Waals surface area contributed by atoms with E-state index >= 15 is 0 Å². The zero-order valence-corrected chi connectivity index (χ0v) is 25.4. The average Bonchev–Trinajstić information content (AvgIpc) is 3.56. The van der Waals surface area contributed by atoms with Crippen LogP contribution in [-0.4, -0.2) is 63.2 Å². The van der Waals surface area contributed by atoms with E-state index in [-0.39, 0.29) is 24.8 Å². The molecule has 2 fully saturated rings. The van der Waals surface area contributed by atoms with Crippen LogP contribution < -0.4 is 10.9 Å². The fourth-order valence-electron chi connectivity index (χ4n) is 5.70. The van der Waals surface area contributed by atoms with Gasteiger partial charge in [0.15, 0.2) is 5.69 Å². The summed E-state index contributed by atoms with van der Waals surface area (Å²) in [6.07, 6.45) is 1.91. The van der Waals surface area contributed by atoms with E-state index in [0.717, 1.165) is 12.3 Å². The molecule has 4 atom stereocenters. The van der Waals surface area contributed by atoms with Crippen molar-refractivity contribution in [3.05, 3.63) is 40.3 Å². The van der Waals surface area contributed by atoms with E-state index in [2.05, 4.69) is 36.1 Å². The second kappa shape index (κ2) is 15.2. The Morgan fingerprint density at radius 1 is 1.19 bits per heavy atom. The number of aromatic amines is 1. The highest BCUT2D eigenvalue weighted by Crippen LogP contribution is 2.37. The van der Waals surface area contributed by atoms with Crippen molar-refractivity contribution in [2.24, 2.45) is 17.8 Å². The highest BCUT2D eigenvalue weighted by Gasteiger charge is 2.38. The van der Waals surface area contributed by atoms with Crippen molar-refractivity contribution in [2.45, 2.75) is 97.1 Å². The average molecular weight is 607 g/mol. The van der Waals surface area contributed by atoms with E-state index in [4.69, 9.17) is 4.74 Å². The van der Waals surface area contributed by atoms with Crippen LogP contribution in [0.25, 0.3) is 11.0 Å². The minimum absolute atomic E-state index is 0.00718. The normalized spacial score (nSPS) is 21.9. The smallest absolute Gasteiger partial charge is 0.407 e. The largest absolute Gasteiger partial charge is 0.480 e. The third-order valence-electron chi connectivity index (χ3n) is 7.63. The Morgan fingerprint density at radius 2 is 1.88 bits per heavy atom. The fraction of sp³-hybridized carbons (Fsp3) is 0.645. The summed E-state index contributed by atoms with van der Waals surface area (Å²) in [6.45, 7) is 8.51. The molecule has 0 spiro atoms. The van der Waals surface area contributed by atoms with E-state index in [1.807, 2.05) is 6.92 Å². The van der Waals surface area contributed by atoms with Crippen molar-refractivity contribution in [1.82, 2.24) is 20.2 Å². The number of likely N-dealkylation sites (tertiary alicyclic amines) is 1. The number of aromatic nitrogens is 2.